The van der Waals surface area contributed by atoms with Gasteiger partial charge >= 0.3 is 5.97 Å². The molecule has 0 spiro atoms. The molecule has 1 aromatic heterocycles. The van der Waals surface area contributed by atoms with Crippen molar-refractivity contribution in [3.05, 3.63) is 70.5 Å². The maximum absolute atomic E-state index is 14.0. The largest absolute Gasteiger partial charge is 0.453 e. The maximum atomic E-state index is 14.0. The number of nitrogens with zero attached hydrogens (tertiary/aromatic N) is 4. The molecule has 3 aromatic rings. The first kappa shape index (κ1) is 21.5. The summed E-state index contributed by atoms with van der Waals surface area (Å²) in [5, 5.41) is 21.9. The van der Waals surface area contributed by atoms with Crippen LogP contribution in [0.2, 0.25) is 0 Å². The van der Waals surface area contributed by atoms with Gasteiger partial charge in [0.25, 0.3) is 12.2 Å². The molecule has 9 heteroatoms. The van der Waals surface area contributed by atoms with Crippen LogP contribution in [0.5, 0.6) is 11.5 Å². The fourth-order valence-electron chi connectivity index (χ4n) is 3.03. The van der Waals surface area contributed by atoms with Gasteiger partial charge in [-0.1, -0.05) is 0 Å². The van der Waals surface area contributed by atoms with Crippen LogP contribution in [0.15, 0.2) is 42.5 Å². The number of aromatic nitrogens is 2. The van der Waals surface area contributed by atoms with Crippen LogP contribution in [0.25, 0.3) is 5.69 Å². The highest BCUT2D eigenvalue weighted by atomic mass is 19.3. The topological polar surface area (TPSA) is 101 Å². The summed E-state index contributed by atoms with van der Waals surface area (Å²) in [6, 6.07) is 11.8. The minimum atomic E-state index is -3.19. The number of carbonyl (C=O) groups excluding carboxylic acids is 1. The number of aryl methyl sites for hydroxylation is 1. The van der Waals surface area contributed by atoms with E-state index in [-0.39, 0.29) is 16.7 Å². The fourth-order valence-corrected chi connectivity index (χ4v) is 3.03. The van der Waals surface area contributed by atoms with Gasteiger partial charge in [-0.25, -0.2) is 18.3 Å². The molecule has 0 aliphatic heterocycles. The molecule has 0 aliphatic carbocycles. The van der Waals surface area contributed by atoms with Crippen LogP contribution in [0.3, 0.4) is 0 Å². The van der Waals surface area contributed by atoms with E-state index in [9.17, 15) is 13.6 Å². The number of benzene rings is 2. The SMILES string of the molecule is Cc1nn(-c2ccc(C#N)c(C(C)(F)F)c2)c(C)c1Oc1ccc(C(=O)OC#N)cc1. The molecule has 0 saturated heterocycles. The number of hydrogen-bond acceptors (Lipinski definition) is 6. The van der Waals surface area contributed by atoms with Gasteiger partial charge in [0.05, 0.1) is 28.6 Å². The number of alkyl halides is 2. The third-order valence-electron chi connectivity index (χ3n) is 4.51. The van der Waals surface area contributed by atoms with Crippen LogP contribution in [0, 0.1) is 36.7 Å². The maximum Gasteiger partial charge on any atom is 0.353 e. The Balaban J connectivity index is 1.94. The first-order chi connectivity index (χ1) is 14.7. The van der Waals surface area contributed by atoms with Crippen molar-refractivity contribution >= 4 is 5.97 Å². The fraction of sp³-hybridized carbons (Fsp3) is 0.182. The second-order valence-corrected chi connectivity index (χ2v) is 6.75. The minimum absolute atomic E-state index is 0.107. The Labute approximate surface area is 176 Å². The van der Waals surface area contributed by atoms with Crippen molar-refractivity contribution in [1.82, 2.24) is 9.78 Å². The lowest BCUT2D eigenvalue weighted by molar-refractivity contribution is 0.0171. The van der Waals surface area contributed by atoms with Crippen LogP contribution >= 0.6 is 0 Å². The van der Waals surface area contributed by atoms with Gasteiger partial charge in [-0.15, -0.1) is 5.26 Å². The van der Waals surface area contributed by atoms with E-state index in [0.29, 0.717) is 28.6 Å². The number of esters is 1. The van der Waals surface area contributed by atoms with Gasteiger partial charge in [0.15, 0.2) is 5.75 Å². The number of hydrogen-bond donors (Lipinski definition) is 0. The number of nitriles is 2. The van der Waals surface area contributed by atoms with Crippen molar-refractivity contribution in [3.8, 4) is 29.5 Å². The molecule has 0 fully saturated rings. The summed E-state index contributed by atoms with van der Waals surface area (Å²) in [5.74, 6) is -3.15. The van der Waals surface area contributed by atoms with Crippen molar-refractivity contribution in [1.29, 1.82) is 10.5 Å². The Kier molecular flexibility index (Phi) is 5.71. The van der Waals surface area contributed by atoms with Crippen molar-refractivity contribution in [2.75, 3.05) is 0 Å². The van der Waals surface area contributed by atoms with Gasteiger partial charge in [0, 0.05) is 12.5 Å². The lowest BCUT2D eigenvalue weighted by Gasteiger charge is -2.14. The third-order valence-corrected chi connectivity index (χ3v) is 4.51. The van der Waals surface area contributed by atoms with E-state index in [1.54, 1.807) is 19.9 Å². The zero-order chi connectivity index (χ0) is 22.8. The smallest absolute Gasteiger partial charge is 0.353 e. The molecule has 156 valence electrons. The van der Waals surface area contributed by atoms with E-state index in [1.165, 1.54) is 53.4 Å². The molecule has 3 rings (SSSR count). The third kappa shape index (κ3) is 4.36. The van der Waals surface area contributed by atoms with Gasteiger partial charge in [-0.3, -0.25) is 0 Å². The van der Waals surface area contributed by atoms with Crippen molar-refractivity contribution in [3.63, 3.8) is 0 Å². The molecule has 0 radical (unpaired) electrons. The summed E-state index contributed by atoms with van der Waals surface area (Å²) in [4.78, 5) is 11.6. The molecular weight excluding hydrogens is 406 g/mol. The molecule has 0 unspecified atom stereocenters. The Hall–Kier alpha value is -4.24. The summed E-state index contributed by atoms with van der Waals surface area (Å²) in [5.41, 5.74) is 1.12. The predicted molar refractivity (Wildman–Crippen MR) is 105 cm³/mol. The second kappa shape index (κ2) is 8.25. The van der Waals surface area contributed by atoms with Crippen molar-refractivity contribution < 1.29 is 23.0 Å². The van der Waals surface area contributed by atoms with Gasteiger partial charge < -0.3 is 9.47 Å². The zero-order valence-corrected chi connectivity index (χ0v) is 16.8. The van der Waals surface area contributed by atoms with E-state index in [0.717, 1.165) is 6.92 Å². The number of halogens is 2. The zero-order valence-electron chi connectivity index (χ0n) is 16.8. The highest BCUT2D eigenvalue weighted by Gasteiger charge is 2.29. The average Bonchev–Trinajstić information content (AvgIpc) is 3.01. The van der Waals surface area contributed by atoms with E-state index in [1.807, 2.05) is 0 Å². The van der Waals surface area contributed by atoms with Crippen LogP contribution in [0.1, 0.15) is 39.8 Å². The second-order valence-electron chi connectivity index (χ2n) is 6.75. The van der Waals surface area contributed by atoms with Crippen LogP contribution in [-0.4, -0.2) is 15.7 Å². The Morgan fingerprint density at radius 2 is 1.81 bits per heavy atom. The average molecular weight is 422 g/mol. The molecule has 0 atom stereocenters. The van der Waals surface area contributed by atoms with Crippen molar-refractivity contribution in [2.45, 2.75) is 26.7 Å². The number of rotatable bonds is 5. The van der Waals surface area contributed by atoms with Crippen LogP contribution in [0.4, 0.5) is 8.78 Å². The molecule has 0 saturated carbocycles. The number of ether oxygens (including phenoxy) is 2. The molecule has 0 N–H and O–H groups in total. The molecule has 7 nitrogen and oxygen atoms in total. The summed E-state index contributed by atoms with van der Waals surface area (Å²) >= 11 is 0. The predicted octanol–water partition coefficient (Wildman–Crippen LogP) is 4.90. The van der Waals surface area contributed by atoms with E-state index in [4.69, 9.17) is 15.3 Å². The minimum Gasteiger partial charge on any atom is -0.453 e. The highest BCUT2D eigenvalue weighted by Crippen LogP contribution is 2.34. The standard InChI is InChI=1S/C22H16F2N4O3/c1-13-20(31-18-8-5-15(6-9-18)21(29)30-12-26)14(2)28(27-13)17-7-4-16(11-25)19(10-17)22(3,23)24/h4-10H,1-3H3. The van der Waals surface area contributed by atoms with E-state index < -0.39 is 11.9 Å². The molecule has 0 bridgehead atoms. The van der Waals surface area contributed by atoms with Gasteiger partial charge in [-0.05, 0) is 56.3 Å². The van der Waals surface area contributed by atoms with Gasteiger partial charge in [0.2, 0.25) is 0 Å². The summed E-state index contributed by atoms with van der Waals surface area (Å²) < 4.78 is 39.5. The summed E-state index contributed by atoms with van der Waals surface area (Å²) in [6.45, 7) is 4.16. The normalized spacial score (nSPS) is 10.8. The Morgan fingerprint density at radius 3 is 2.39 bits per heavy atom. The molecule has 0 aliphatic rings. The van der Waals surface area contributed by atoms with Crippen LogP contribution in [-0.2, 0) is 10.7 Å². The summed E-state index contributed by atoms with van der Waals surface area (Å²) in [7, 11) is 0. The molecule has 2 aromatic carbocycles. The van der Waals surface area contributed by atoms with Gasteiger partial charge in [0.1, 0.15) is 11.4 Å². The highest BCUT2D eigenvalue weighted by molar-refractivity contribution is 5.90. The monoisotopic (exact) mass is 422 g/mol. The summed E-state index contributed by atoms with van der Waals surface area (Å²) in [6.07, 6.45) is 1.32. The van der Waals surface area contributed by atoms with E-state index in [2.05, 4.69) is 9.84 Å². The van der Waals surface area contributed by atoms with Crippen LogP contribution < -0.4 is 4.74 Å². The number of carbonyl (C=O) groups is 1. The Morgan fingerprint density at radius 1 is 1.13 bits per heavy atom. The Bertz CT molecular complexity index is 1230. The first-order valence-corrected chi connectivity index (χ1v) is 9.03. The van der Waals surface area contributed by atoms with E-state index >= 15 is 0 Å². The molecular formula is C22H16F2N4O3. The molecule has 31 heavy (non-hydrogen) atoms. The lowest BCUT2D eigenvalue weighted by atomic mass is 10.0. The molecule has 1 heterocycles. The quantitative estimate of drug-likeness (QED) is 0.428. The van der Waals surface area contributed by atoms with Crippen molar-refractivity contribution in [2.24, 2.45) is 0 Å². The first-order valence-electron chi connectivity index (χ1n) is 9.03. The molecule has 0 amide bonds. The van der Waals surface area contributed by atoms with Gasteiger partial charge in [-0.2, -0.15) is 10.4 Å². The lowest BCUT2D eigenvalue weighted by Crippen LogP contribution is -2.11.